The predicted molar refractivity (Wildman–Crippen MR) is 275 cm³/mol. The van der Waals surface area contributed by atoms with Crippen LogP contribution in [0.4, 0.5) is 0 Å². The van der Waals surface area contributed by atoms with Gasteiger partial charge < -0.3 is 9.47 Å². The molecule has 0 saturated heterocycles. The molecule has 5 nitrogen and oxygen atoms in total. The van der Waals surface area contributed by atoms with Crippen LogP contribution in [0.5, 0.6) is 0 Å². The highest BCUT2D eigenvalue weighted by molar-refractivity contribution is 5.92. The number of hydrogen-bond donors (Lipinski definition) is 0. The molecule has 64 heavy (non-hydrogen) atoms. The molecule has 5 heteroatoms. The third kappa shape index (κ3) is 27.4. The van der Waals surface area contributed by atoms with E-state index in [1.54, 1.807) is 13.8 Å². The maximum Gasteiger partial charge on any atom is 0.338 e. The molecule has 0 aliphatic heterocycles. The lowest BCUT2D eigenvalue weighted by atomic mass is 9.72. The Bertz CT molecular complexity index is 1740. The average molecular weight is 881 g/mol. The zero-order chi connectivity index (χ0) is 47.8. The lowest BCUT2D eigenvalue weighted by Crippen LogP contribution is -2.19. The summed E-state index contributed by atoms with van der Waals surface area (Å²) in [5.74, 6) is -1.21. The van der Waals surface area contributed by atoms with E-state index in [1.165, 1.54) is 143 Å². The molecule has 0 saturated carbocycles. The van der Waals surface area contributed by atoms with Crippen molar-refractivity contribution in [2.75, 3.05) is 6.61 Å². The van der Waals surface area contributed by atoms with Gasteiger partial charge in [0.2, 0.25) is 0 Å². The van der Waals surface area contributed by atoms with Crippen molar-refractivity contribution in [3.05, 3.63) is 117 Å². The van der Waals surface area contributed by atoms with E-state index in [9.17, 15) is 14.4 Å². The zero-order valence-corrected chi connectivity index (χ0v) is 43.0. The molecule has 358 valence electrons. The van der Waals surface area contributed by atoms with Gasteiger partial charge in [-0.05, 0) is 120 Å². The molecule has 0 aromatic rings. The summed E-state index contributed by atoms with van der Waals surface area (Å²) in [7, 11) is 0. The number of hydrogen-bond acceptors (Lipinski definition) is 5. The summed E-state index contributed by atoms with van der Waals surface area (Å²) < 4.78 is 10.0. The van der Waals surface area contributed by atoms with E-state index < -0.39 is 11.9 Å². The third-order valence-electron chi connectivity index (χ3n) is 12.5. The number of ether oxygens (including phenoxy) is 2. The van der Waals surface area contributed by atoms with Gasteiger partial charge in [-0.2, -0.15) is 0 Å². The molecule has 0 heterocycles. The number of allylic oxidation sites excluding steroid dienone is 18. The molecule has 0 radical (unpaired) electrons. The summed E-state index contributed by atoms with van der Waals surface area (Å²) in [6.45, 7) is 26.2. The van der Waals surface area contributed by atoms with E-state index in [2.05, 4.69) is 117 Å². The summed E-state index contributed by atoms with van der Waals surface area (Å²) in [6.07, 6.45) is 49.6. The van der Waals surface area contributed by atoms with Crippen molar-refractivity contribution < 1.29 is 23.9 Å². The van der Waals surface area contributed by atoms with Gasteiger partial charge in [0.1, 0.15) is 6.61 Å². The molecule has 2 rings (SSSR count). The second-order valence-corrected chi connectivity index (χ2v) is 19.7. The normalized spacial score (nSPS) is 17.5. The van der Waals surface area contributed by atoms with Crippen molar-refractivity contribution in [1.29, 1.82) is 0 Å². The highest BCUT2D eigenvalue weighted by Gasteiger charge is 2.27. The van der Waals surface area contributed by atoms with Crippen LogP contribution < -0.4 is 0 Å². The van der Waals surface area contributed by atoms with E-state index in [0.29, 0.717) is 13.0 Å². The highest BCUT2D eigenvalue weighted by atomic mass is 16.6. The minimum absolute atomic E-state index is 0.0720. The van der Waals surface area contributed by atoms with Crippen LogP contribution in [-0.2, 0) is 23.9 Å². The maximum absolute atomic E-state index is 12.0. The Morgan fingerprint density at radius 3 is 1.44 bits per heavy atom. The third-order valence-corrected chi connectivity index (χ3v) is 12.5. The topological polar surface area (TPSA) is 69.7 Å². The lowest BCUT2D eigenvalue weighted by molar-refractivity contribution is -0.156. The zero-order valence-electron chi connectivity index (χ0n) is 43.0. The maximum atomic E-state index is 12.0. The van der Waals surface area contributed by atoms with Crippen molar-refractivity contribution in [2.24, 2.45) is 10.8 Å². The molecule has 0 N–H and O–H groups in total. The number of esters is 3. The molecule has 0 bridgehead atoms. The molecule has 0 atom stereocenters. The lowest BCUT2D eigenvalue weighted by Gasteiger charge is -2.33. The van der Waals surface area contributed by atoms with Crippen molar-refractivity contribution >= 4 is 17.9 Å². The Kier molecular flexibility index (Phi) is 30.4. The Labute approximate surface area is 393 Å². The van der Waals surface area contributed by atoms with Crippen LogP contribution in [0.15, 0.2) is 117 Å². The molecular formula is C59H92O5. The van der Waals surface area contributed by atoms with Gasteiger partial charge in [-0.3, -0.25) is 9.59 Å². The first kappa shape index (κ1) is 58.0. The molecule has 0 spiro atoms. The summed E-state index contributed by atoms with van der Waals surface area (Å²) >= 11 is 0. The Morgan fingerprint density at radius 2 is 1.00 bits per heavy atom. The monoisotopic (exact) mass is 881 g/mol. The van der Waals surface area contributed by atoms with E-state index in [4.69, 9.17) is 4.74 Å². The van der Waals surface area contributed by atoms with Gasteiger partial charge in [0.15, 0.2) is 0 Å². The van der Waals surface area contributed by atoms with Crippen LogP contribution in [0, 0.1) is 10.8 Å². The number of rotatable bonds is 26. The SMILES string of the molecule is CCC(=O)OC(=O)/C=C(C)/C=C/C=C(C)/C=C/C1=C(C)CCCC1(C)C.CCCCCCCCCCCCCCCC(=O)OC/C=C(C)/C=C/C=C(C)/C=C/C1=C(C)CCCC1(C)C. The first-order valence-corrected chi connectivity index (χ1v) is 25.1. The van der Waals surface area contributed by atoms with Gasteiger partial charge in [-0.25, -0.2) is 4.79 Å². The Hall–Kier alpha value is -3.99. The van der Waals surface area contributed by atoms with Crippen molar-refractivity contribution in [3.8, 4) is 0 Å². The standard InChI is InChI=1S/C36H60O2.C23H32O3/c1-7-8-9-10-11-12-13-14-15-16-17-18-19-25-35(37)38-30-28-32(3)23-20-22-31(2)26-27-34-33(4)24-21-29-36(34,5)6;1-7-21(24)26-22(25)16-18(3)11-8-10-17(2)13-14-20-19(4)12-9-15-23(20,5)6/h20,22-23,26-28H,7-19,21,24-25,29-30H2,1-6H3;8,10-11,13-14,16H,7,9,12,15H2,1-6H3/b23-20+,27-26+,31-22+,32-28+;11-8+,14-13+,17-10+,18-16+. The minimum Gasteiger partial charge on any atom is -0.461 e. The second kappa shape index (κ2) is 33.5. The van der Waals surface area contributed by atoms with Crippen LogP contribution in [0.1, 0.15) is 218 Å². The molecule has 0 amide bonds. The smallest absolute Gasteiger partial charge is 0.338 e. The van der Waals surface area contributed by atoms with Crippen molar-refractivity contribution in [1.82, 2.24) is 0 Å². The molecule has 0 aromatic heterocycles. The Balaban J connectivity index is 0.000000687. The minimum atomic E-state index is -0.624. The van der Waals surface area contributed by atoms with Crippen molar-refractivity contribution in [2.45, 2.75) is 218 Å². The number of carbonyl (C=O) groups excluding carboxylic acids is 3. The summed E-state index contributed by atoms with van der Waals surface area (Å²) in [4.78, 5) is 34.6. The first-order valence-electron chi connectivity index (χ1n) is 25.1. The van der Waals surface area contributed by atoms with Gasteiger partial charge in [0.25, 0.3) is 0 Å². The van der Waals surface area contributed by atoms with Crippen LogP contribution in [0.25, 0.3) is 0 Å². The predicted octanol–water partition coefficient (Wildman–Crippen LogP) is 17.5. The number of unbranched alkanes of at least 4 members (excludes halogenated alkanes) is 12. The molecule has 0 aromatic carbocycles. The summed E-state index contributed by atoms with van der Waals surface area (Å²) in [6, 6.07) is 0. The van der Waals surface area contributed by atoms with Gasteiger partial charge >= 0.3 is 17.9 Å². The average Bonchev–Trinajstić information content (AvgIpc) is 3.21. The Morgan fingerprint density at radius 1 is 0.562 bits per heavy atom. The second-order valence-electron chi connectivity index (χ2n) is 19.7. The van der Waals surface area contributed by atoms with E-state index in [0.717, 1.165) is 29.6 Å². The van der Waals surface area contributed by atoms with E-state index in [-0.39, 0.29) is 23.2 Å². The quantitative estimate of drug-likeness (QED) is 0.0285. The summed E-state index contributed by atoms with van der Waals surface area (Å²) in [5.41, 5.74) is 10.7. The highest BCUT2D eigenvalue weighted by Crippen LogP contribution is 2.42. The fourth-order valence-corrected chi connectivity index (χ4v) is 8.41. The fourth-order valence-electron chi connectivity index (χ4n) is 8.41. The largest absolute Gasteiger partial charge is 0.461 e. The van der Waals surface area contributed by atoms with Gasteiger partial charge in [0, 0.05) is 18.9 Å². The molecule has 0 unspecified atom stereocenters. The van der Waals surface area contributed by atoms with E-state index >= 15 is 0 Å². The first-order chi connectivity index (χ1) is 30.4. The molecular weight excluding hydrogens is 789 g/mol. The van der Waals surface area contributed by atoms with Crippen molar-refractivity contribution in [3.63, 3.8) is 0 Å². The fraction of sp³-hybridized carbons (Fsp3) is 0.610. The molecule has 2 aliphatic rings. The van der Waals surface area contributed by atoms with Crippen LogP contribution in [0.3, 0.4) is 0 Å². The summed E-state index contributed by atoms with van der Waals surface area (Å²) in [5, 5.41) is 0. The number of carbonyl (C=O) groups is 3. The van der Waals surface area contributed by atoms with Crippen LogP contribution >= 0.6 is 0 Å². The van der Waals surface area contributed by atoms with Gasteiger partial charge in [0.05, 0.1) is 0 Å². The van der Waals surface area contributed by atoms with Crippen LogP contribution in [0.2, 0.25) is 0 Å². The van der Waals surface area contributed by atoms with Gasteiger partial charge in [-0.1, -0.05) is 207 Å². The molecule has 2 aliphatic carbocycles. The van der Waals surface area contributed by atoms with Crippen LogP contribution in [-0.4, -0.2) is 24.5 Å². The van der Waals surface area contributed by atoms with Gasteiger partial charge in [-0.15, -0.1) is 0 Å². The molecule has 0 fully saturated rings. The van der Waals surface area contributed by atoms with E-state index in [1.807, 2.05) is 24.3 Å².